The fraction of sp³-hybridized carbons (Fsp3) is 0. The number of hydrogen-bond acceptors (Lipinski definition) is 2. The van der Waals surface area contributed by atoms with Gasteiger partial charge in [0.2, 0.25) is 0 Å². The van der Waals surface area contributed by atoms with Gasteiger partial charge in [0.05, 0.1) is 32.0 Å². The van der Waals surface area contributed by atoms with Crippen LogP contribution in [0, 0.1) is 0 Å². The van der Waals surface area contributed by atoms with Gasteiger partial charge in [-0.3, -0.25) is 0 Å². The first-order chi connectivity index (χ1) is 32.2. The highest BCUT2D eigenvalue weighted by Crippen LogP contribution is 2.47. The van der Waals surface area contributed by atoms with E-state index in [-0.39, 0.29) is 22.5 Å². The Morgan fingerprint density at radius 2 is 1.10 bits per heavy atom. The van der Waals surface area contributed by atoms with E-state index >= 15 is 0 Å². The largest absolute Gasteiger partial charge is 0.456 e. The van der Waals surface area contributed by atoms with Gasteiger partial charge in [-0.15, -0.1) is 0 Å². The van der Waals surface area contributed by atoms with Crippen molar-refractivity contribution in [1.29, 1.82) is 0 Å². The maximum absolute atomic E-state index is 9.57. The Morgan fingerprint density at radius 3 is 1.93 bits per heavy atom. The van der Waals surface area contributed by atoms with Gasteiger partial charge in [-0.05, 0) is 99.6 Å². The quantitative estimate of drug-likeness (QED) is 0.168. The van der Waals surface area contributed by atoms with Gasteiger partial charge in [0.25, 0.3) is 0 Å². The van der Waals surface area contributed by atoms with Crippen molar-refractivity contribution in [2.24, 2.45) is 0 Å². The van der Waals surface area contributed by atoms with E-state index in [1.54, 1.807) is 0 Å². The summed E-state index contributed by atoms with van der Waals surface area (Å²) in [6.45, 7) is 0. The lowest BCUT2D eigenvalue weighted by Crippen LogP contribution is -2.11. The van der Waals surface area contributed by atoms with Gasteiger partial charge in [-0.25, -0.2) is 0 Å². The summed E-state index contributed by atoms with van der Waals surface area (Å²) in [5.74, 6) is 0. The summed E-state index contributed by atoms with van der Waals surface area (Å²) in [6.07, 6.45) is 0. The summed E-state index contributed by atoms with van der Waals surface area (Å²) in [4.78, 5) is 1.81. The Hall–Kier alpha value is -7.88. The van der Waals surface area contributed by atoms with Crippen molar-refractivity contribution in [2.75, 3.05) is 4.90 Å². The van der Waals surface area contributed by atoms with Gasteiger partial charge in [-0.1, -0.05) is 152 Å². The summed E-state index contributed by atoms with van der Waals surface area (Å²) in [7, 11) is 0. The molecule has 276 valence electrons. The zero-order valence-electron chi connectivity index (χ0n) is 38.5. The van der Waals surface area contributed by atoms with Crippen LogP contribution in [0.25, 0.3) is 93.2 Å². The smallest absolute Gasteiger partial charge is 0.136 e. The topological polar surface area (TPSA) is 21.3 Å². The molecular formula is C56H36N2O. The Labute approximate surface area is 351 Å². The zero-order valence-corrected chi connectivity index (χ0v) is 31.5. The third-order valence-corrected chi connectivity index (χ3v) is 11.5. The highest BCUT2D eigenvalue weighted by Gasteiger charge is 2.22. The molecule has 0 fully saturated rings. The van der Waals surface area contributed by atoms with E-state index in [1.165, 1.54) is 10.8 Å². The average molecular weight is 760 g/mol. The zero-order chi connectivity index (χ0) is 45.0. The van der Waals surface area contributed by atoms with Gasteiger partial charge in [-0.2, -0.15) is 0 Å². The lowest BCUT2D eigenvalue weighted by atomic mass is 9.95. The molecule has 10 aromatic carbocycles. The predicted octanol–water partition coefficient (Wildman–Crippen LogP) is 15.8. The highest BCUT2D eigenvalue weighted by molar-refractivity contribution is 6.17. The van der Waals surface area contributed by atoms with Crippen LogP contribution in [0.4, 0.5) is 17.1 Å². The molecule has 2 heterocycles. The van der Waals surface area contributed by atoms with Crippen LogP contribution in [0.2, 0.25) is 0 Å². The fourth-order valence-corrected chi connectivity index (χ4v) is 8.82. The van der Waals surface area contributed by atoms with E-state index in [0.717, 1.165) is 66.1 Å². The standard InChI is InChI=1S/C56H36N2O/c1-2-16-41-36-55-49(35-40(41)15-1)56-48(24-13-29-54(56)59-55)47-23-7-10-27-53(47)57(50-28-12-17-38-14-3-4-20-44(38)50)42-32-30-37(31-33-42)39-18-11-19-43(34-39)58-51-25-8-5-21-45(51)46-22-6-9-26-52(46)58/h1-36H/i3D,4D,12D,14D,17D,20D,28D. The molecule has 0 amide bonds. The molecule has 0 atom stereocenters. The van der Waals surface area contributed by atoms with Gasteiger partial charge >= 0.3 is 0 Å². The molecule has 12 rings (SSSR count). The predicted molar refractivity (Wildman–Crippen MR) is 249 cm³/mol. The van der Waals surface area contributed by atoms with E-state index in [1.807, 2.05) is 83.8 Å². The van der Waals surface area contributed by atoms with Crippen LogP contribution in [0.1, 0.15) is 9.60 Å². The second-order valence-corrected chi connectivity index (χ2v) is 14.8. The SMILES string of the molecule is [2H]c1c([2H])c([2H])c2c(N(c3ccc(-c4cccc(-n5c6ccccc6c6ccccc65)c4)cc3)c3ccccc3-c3cccc4oc5cc6ccccc6cc5c34)c([2H])c([2H])c([2H])c2c1[2H]. The molecule has 0 radical (unpaired) electrons. The molecule has 0 aliphatic heterocycles. The van der Waals surface area contributed by atoms with Crippen LogP contribution in [0.3, 0.4) is 0 Å². The number of aromatic nitrogens is 1. The van der Waals surface area contributed by atoms with Gasteiger partial charge in [0.15, 0.2) is 0 Å². The number of furan rings is 1. The van der Waals surface area contributed by atoms with Crippen LogP contribution in [-0.4, -0.2) is 4.57 Å². The molecular weight excluding hydrogens is 717 g/mol. The second kappa shape index (κ2) is 13.4. The first-order valence-corrected chi connectivity index (χ1v) is 19.6. The van der Waals surface area contributed by atoms with Gasteiger partial charge < -0.3 is 13.9 Å². The molecule has 3 nitrogen and oxygen atoms in total. The number of nitrogens with zero attached hydrogens (tertiary/aromatic N) is 2. The van der Waals surface area contributed by atoms with Crippen molar-refractivity contribution in [3.8, 4) is 27.9 Å². The van der Waals surface area contributed by atoms with Crippen LogP contribution < -0.4 is 4.90 Å². The molecule has 0 N–H and O–H groups in total. The molecule has 0 bridgehead atoms. The van der Waals surface area contributed by atoms with Crippen molar-refractivity contribution >= 4 is 82.4 Å². The molecule has 0 spiro atoms. The molecule has 0 aliphatic rings. The van der Waals surface area contributed by atoms with Crippen molar-refractivity contribution in [3.05, 3.63) is 218 Å². The number of rotatable bonds is 6. The molecule has 0 saturated carbocycles. The summed E-state index contributed by atoms with van der Waals surface area (Å²) in [5.41, 5.74) is 9.43. The molecule has 0 saturated heterocycles. The minimum absolute atomic E-state index is 0.0109. The number of anilines is 3. The monoisotopic (exact) mass is 759 g/mol. The molecule has 3 heteroatoms. The molecule has 0 unspecified atom stereocenters. The highest BCUT2D eigenvalue weighted by atomic mass is 16.3. The normalized spacial score (nSPS) is 13.4. The van der Waals surface area contributed by atoms with Gasteiger partial charge in [0.1, 0.15) is 11.2 Å². The fourth-order valence-electron chi connectivity index (χ4n) is 8.82. The first kappa shape index (κ1) is 26.9. The third kappa shape index (κ3) is 5.36. The molecule has 0 aliphatic carbocycles. The summed E-state index contributed by atoms with van der Waals surface area (Å²) in [5, 5.41) is 6.17. The van der Waals surface area contributed by atoms with Crippen molar-refractivity contribution in [1.82, 2.24) is 4.57 Å². The summed E-state index contributed by atoms with van der Waals surface area (Å²) >= 11 is 0. The van der Waals surface area contributed by atoms with Gasteiger partial charge in [0, 0.05) is 43.9 Å². The van der Waals surface area contributed by atoms with Crippen molar-refractivity contribution < 1.29 is 14.0 Å². The number of hydrogen-bond donors (Lipinski definition) is 0. The molecule has 12 aromatic rings. The van der Waals surface area contributed by atoms with Crippen molar-refractivity contribution in [2.45, 2.75) is 0 Å². The lowest BCUT2D eigenvalue weighted by molar-refractivity contribution is 0.669. The van der Waals surface area contributed by atoms with Crippen LogP contribution in [-0.2, 0) is 0 Å². The summed E-state index contributed by atoms with van der Waals surface area (Å²) < 4.78 is 72.0. The maximum Gasteiger partial charge on any atom is 0.136 e. The molecule has 59 heavy (non-hydrogen) atoms. The van der Waals surface area contributed by atoms with E-state index in [4.69, 9.17) is 11.3 Å². The van der Waals surface area contributed by atoms with E-state index < -0.39 is 36.3 Å². The number of benzene rings is 10. The number of fused-ring (bicyclic) bond motifs is 8. The Morgan fingerprint density at radius 1 is 0.424 bits per heavy atom. The van der Waals surface area contributed by atoms with Crippen LogP contribution >= 0.6 is 0 Å². The van der Waals surface area contributed by atoms with E-state index in [0.29, 0.717) is 17.0 Å². The van der Waals surface area contributed by atoms with Crippen LogP contribution in [0.15, 0.2) is 223 Å². The third-order valence-electron chi connectivity index (χ3n) is 11.5. The lowest BCUT2D eigenvalue weighted by Gasteiger charge is -2.29. The van der Waals surface area contributed by atoms with Crippen molar-refractivity contribution in [3.63, 3.8) is 0 Å². The average Bonchev–Trinajstić information content (AvgIpc) is 3.90. The maximum atomic E-state index is 9.57. The van der Waals surface area contributed by atoms with E-state index in [9.17, 15) is 2.74 Å². The number of para-hydroxylation sites is 3. The minimum atomic E-state index is -0.505. The second-order valence-electron chi connectivity index (χ2n) is 14.8. The first-order valence-electron chi connectivity index (χ1n) is 23.1. The molecule has 2 aromatic heterocycles. The summed E-state index contributed by atoms with van der Waals surface area (Å²) in [6, 6.07) is 56.1. The van der Waals surface area contributed by atoms with Crippen LogP contribution in [0.5, 0.6) is 0 Å². The minimum Gasteiger partial charge on any atom is -0.456 e. The Balaban J connectivity index is 1.09. The van der Waals surface area contributed by atoms with E-state index in [2.05, 4.69) is 102 Å². The Kier molecular flexibility index (Phi) is 6.09. The Bertz CT molecular complexity index is 3930.